The number of hydrogen-bond donors (Lipinski definition) is 0. The first-order valence-electron chi connectivity index (χ1n) is 22.1. The van der Waals surface area contributed by atoms with Crippen LogP contribution in [0.1, 0.15) is 36.8 Å². The zero-order chi connectivity index (χ0) is 41.7. The second-order valence-electron chi connectivity index (χ2n) is 16.6. The number of furan rings is 1. The summed E-state index contributed by atoms with van der Waals surface area (Å²) in [6, 6.07) is 68.5. The molecule has 0 fully saturated rings. The molecule has 63 heavy (non-hydrogen) atoms. The summed E-state index contributed by atoms with van der Waals surface area (Å²) < 4.78 is 9.11. The van der Waals surface area contributed by atoms with Gasteiger partial charge in [0.1, 0.15) is 11.2 Å². The highest BCUT2D eigenvalue weighted by atomic mass is 16.3. The zero-order valence-corrected chi connectivity index (χ0v) is 34.9. The largest absolute Gasteiger partial charge is 0.455 e. The first-order chi connectivity index (χ1) is 31.3. The van der Waals surface area contributed by atoms with Crippen molar-refractivity contribution >= 4 is 66.3 Å². The Hall–Kier alpha value is -7.88. The minimum atomic E-state index is 0.876. The molecule has 12 rings (SSSR count). The maximum atomic E-state index is 6.69. The van der Waals surface area contributed by atoms with Crippen LogP contribution < -0.4 is 4.90 Å². The van der Waals surface area contributed by atoms with Crippen LogP contribution in [0.3, 0.4) is 0 Å². The number of fused-ring (bicyclic) bond motifs is 6. The fourth-order valence-electron chi connectivity index (χ4n) is 10.1. The van der Waals surface area contributed by atoms with Gasteiger partial charge in [0.25, 0.3) is 0 Å². The fraction of sp³-hybridized carbons (Fsp3) is 0.0667. The molecule has 0 saturated carbocycles. The molecular formula is C60H44N2O. The van der Waals surface area contributed by atoms with Crippen LogP contribution in [-0.2, 0) is 0 Å². The average Bonchev–Trinajstić information content (AvgIpc) is 3.91. The minimum Gasteiger partial charge on any atom is -0.455 e. The van der Waals surface area contributed by atoms with E-state index in [0.717, 1.165) is 70.2 Å². The highest BCUT2D eigenvalue weighted by Crippen LogP contribution is 2.44. The van der Waals surface area contributed by atoms with Crippen molar-refractivity contribution in [3.8, 4) is 27.9 Å². The molecule has 3 nitrogen and oxygen atoms in total. The molecule has 0 bridgehead atoms. The van der Waals surface area contributed by atoms with Crippen LogP contribution >= 0.6 is 0 Å². The van der Waals surface area contributed by atoms with Crippen LogP contribution in [0.4, 0.5) is 11.4 Å². The molecule has 3 heteroatoms. The van der Waals surface area contributed by atoms with E-state index in [4.69, 9.17) is 4.42 Å². The summed E-state index contributed by atoms with van der Waals surface area (Å²) in [5.41, 5.74) is 18.7. The van der Waals surface area contributed by atoms with Crippen LogP contribution in [0.25, 0.3) is 82.8 Å². The predicted octanol–water partition coefficient (Wildman–Crippen LogP) is 16.6. The summed E-state index contributed by atoms with van der Waals surface area (Å²) in [4.78, 5) is 2.50. The van der Waals surface area contributed by atoms with Gasteiger partial charge >= 0.3 is 0 Å². The van der Waals surface area contributed by atoms with Gasteiger partial charge in [-0.3, -0.25) is 0 Å². The molecule has 0 aliphatic heterocycles. The van der Waals surface area contributed by atoms with Crippen LogP contribution in [0, 0.1) is 0 Å². The molecule has 0 spiro atoms. The summed E-state index contributed by atoms with van der Waals surface area (Å²) in [6.45, 7) is 0. The van der Waals surface area contributed by atoms with Gasteiger partial charge in [-0.25, -0.2) is 0 Å². The van der Waals surface area contributed by atoms with Crippen LogP contribution in [0.5, 0.6) is 0 Å². The van der Waals surface area contributed by atoms with Crippen molar-refractivity contribution in [2.24, 2.45) is 0 Å². The monoisotopic (exact) mass is 808 g/mol. The van der Waals surface area contributed by atoms with E-state index in [1.54, 1.807) is 0 Å². The molecule has 10 aromatic rings. The number of benzene rings is 8. The molecule has 2 heterocycles. The molecule has 0 N–H and O–H groups in total. The summed E-state index contributed by atoms with van der Waals surface area (Å²) in [5, 5.41) is 4.79. The first-order valence-corrected chi connectivity index (χ1v) is 22.1. The number of aromatic nitrogens is 1. The highest BCUT2D eigenvalue weighted by molar-refractivity contribution is 6.10. The highest BCUT2D eigenvalue weighted by Gasteiger charge is 2.25. The van der Waals surface area contributed by atoms with Gasteiger partial charge in [-0.1, -0.05) is 170 Å². The number of anilines is 2. The normalized spacial score (nSPS) is 14.0. The summed E-state index contributed by atoms with van der Waals surface area (Å²) in [7, 11) is 0. The lowest BCUT2D eigenvalue weighted by Crippen LogP contribution is -2.19. The Balaban J connectivity index is 1.04. The Morgan fingerprint density at radius 2 is 1.11 bits per heavy atom. The second-order valence-corrected chi connectivity index (χ2v) is 16.6. The minimum absolute atomic E-state index is 0.876. The lowest BCUT2D eigenvalue weighted by molar-refractivity contribution is 0.667. The van der Waals surface area contributed by atoms with E-state index in [9.17, 15) is 0 Å². The van der Waals surface area contributed by atoms with Crippen LogP contribution in [0.2, 0.25) is 0 Å². The Morgan fingerprint density at radius 3 is 1.90 bits per heavy atom. The van der Waals surface area contributed by atoms with E-state index in [-0.39, 0.29) is 0 Å². The molecule has 300 valence electrons. The Labute approximate surface area is 367 Å². The number of para-hydroxylation sites is 5. The number of hydrogen-bond acceptors (Lipinski definition) is 2. The Kier molecular flexibility index (Phi) is 9.11. The van der Waals surface area contributed by atoms with E-state index in [2.05, 4.69) is 228 Å². The Morgan fingerprint density at radius 1 is 0.460 bits per heavy atom. The van der Waals surface area contributed by atoms with Crippen molar-refractivity contribution in [2.75, 3.05) is 4.90 Å². The van der Waals surface area contributed by atoms with Gasteiger partial charge in [0.15, 0.2) is 0 Å². The van der Waals surface area contributed by atoms with Gasteiger partial charge in [-0.05, 0) is 102 Å². The van der Waals surface area contributed by atoms with E-state index >= 15 is 0 Å². The van der Waals surface area contributed by atoms with Gasteiger partial charge in [0, 0.05) is 55.3 Å². The molecule has 0 unspecified atom stereocenters. The van der Waals surface area contributed by atoms with Gasteiger partial charge in [0.2, 0.25) is 0 Å². The fourth-order valence-corrected chi connectivity index (χ4v) is 10.1. The quantitative estimate of drug-likeness (QED) is 0.152. The van der Waals surface area contributed by atoms with Crippen molar-refractivity contribution in [1.29, 1.82) is 0 Å². The third kappa shape index (κ3) is 6.35. The molecule has 2 aliphatic rings. The van der Waals surface area contributed by atoms with Gasteiger partial charge in [-0.2, -0.15) is 0 Å². The zero-order valence-electron chi connectivity index (χ0n) is 34.9. The topological polar surface area (TPSA) is 21.3 Å². The SMILES string of the molecule is C1=CCCC(c2ccccc2-c2cccc(N(C3=C(c4cccc5c4oc4ccccc45)C=CCC3)c3ccc(-c4ccccc4-n4c5ccccc5c5ccccc54)cc3)c2)=C1. The molecule has 0 saturated heterocycles. The molecule has 0 amide bonds. The average molecular weight is 809 g/mol. The van der Waals surface area contributed by atoms with E-state index in [1.165, 1.54) is 66.5 Å². The van der Waals surface area contributed by atoms with Crippen LogP contribution in [0.15, 0.2) is 229 Å². The molecule has 2 aliphatic carbocycles. The van der Waals surface area contributed by atoms with E-state index in [1.807, 2.05) is 0 Å². The van der Waals surface area contributed by atoms with Crippen molar-refractivity contribution in [1.82, 2.24) is 4.57 Å². The van der Waals surface area contributed by atoms with Crippen molar-refractivity contribution in [3.05, 3.63) is 235 Å². The maximum absolute atomic E-state index is 6.69. The third-order valence-corrected chi connectivity index (χ3v) is 13.0. The third-order valence-electron chi connectivity index (χ3n) is 13.0. The molecule has 8 aromatic carbocycles. The first kappa shape index (κ1) is 36.9. The van der Waals surface area contributed by atoms with Gasteiger partial charge in [-0.15, -0.1) is 0 Å². The lowest BCUT2D eigenvalue weighted by Gasteiger charge is -2.32. The molecule has 0 radical (unpaired) electrons. The number of rotatable bonds is 8. The Bertz CT molecular complexity index is 3460. The van der Waals surface area contributed by atoms with Crippen molar-refractivity contribution < 1.29 is 4.42 Å². The lowest BCUT2D eigenvalue weighted by atomic mass is 9.90. The number of allylic oxidation sites excluding steroid dienone is 8. The second kappa shape index (κ2) is 15.5. The molecule has 2 aromatic heterocycles. The van der Waals surface area contributed by atoms with E-state index in [0.29, 0.717) is 0 Å². The molecule has 0 atom stereocenters. The number of nitrogens with zero attached hydrogens (tertiary/aromatic N) is 2. The standard InChI is InChI=1S/C60H44N2O/c1-2-18-41(19-3-1)46-22-4-5-23-47(46)43-20-16-21-45(40-43)61(56-32-12-9-27-51(56)53-29-17-30-54-52-28-10-15-35-59(52)63-60(53)54)44-38-36-42(37-39-44)48-24-6-11-31-55(48)62-57-33-13-7-25-49(57)50-26-8-14-34-58(50)62/h1-2,4-11,13-18,20-31,33-40H,3,12,19,32H2. The predicted molar refractivity (Wildman–Crippen MR) is 266 cm³/mol. The maximum Gasteiger partial charge on any atom is 0.143 e. The summed E-state index contributed by atoms with van der Waals surface area (Å²) in [5.74, 6) is 0. The summed E-state index contributed by atoms with van der Waals surface area (Å²) in [6.07, 6.45) is 15.3. The summed E-state index contributed by atoms with van der Waals surface area (Å²) >= 11 is 0. The van der Waals surface area contributed by atoms with Crippen LogP contribution in [-0.4, -0.2) is 4.57 Å². The van der Waals surface area contributed by atoms with Crippen molar-refractivity contribution in [3.63, 3.8) is 0 Å². The molecular weight excluding hydrogens is 765 g/mol. The van der Waals surface area contributed by atoms with Gasteiger partial charge in [0.05, 0.1) is 16.7 Å². The van der Waals surface area contributed by atoms with E-state index < -0.39 is 0 Å². The smallest absolute Gasteiger partial charge is 0.143 e. The van der Waals surface area contributed by atoms with Crippen molar-refractivity contribution in [2.45, 2.75) is 25.7 Å². The van der Waals surface area contributed by atoms with Gasteiger partial charge < -0.3 is 13.9 Å².